The second-order valence-corrected chi connectivity index (χ2v) is 2.99. The van der Waals surface area contributed by atoms with Gasteiger partial charge in [-0.2, -0.15) is 0 Å². The number of rotatable bonds is 3. The van der Waals surface area contributed by atoms with Crippen LogP contribution in [-0.2, 0) is 11.2 Å². The molecule has 0 amide bonds. The molecule has 1 aromatic heterocycles. The van der Waals surface area contributed by atoms with Gasteiger partial charge in [0, 0.05) is 6.20 Å². The molecule has 0 bridgehead atoms. The summed E-state index contributed by atoms with van der Waals surface area (Å²) in [4.78, 5) is 13.7. The van der Waals surface area contributed by atoms with E-state index in [0.717, 1.165) is 6.20 Å². The molecule has 0 unspecified atom stereocenters. The van der Waals surface area contributed by atoms with Crippen LogP contribution in [0.2, 0.25) is 5.02 Å². The van der Waals surface area contributed by atoms with E-state index in [9.17, 15) is 13.6 Å². The Bertz CT molecular complexity index is 357. The highest BCUT2D eigenvalue weighted by atomic mass is 35.5. The van der Waals surface area contributed by atoms with Crippen LogP contribution < -0.4 is 0 Å². The lowest BCUT2D eigenvalue weighted by Crippen LogP contribution is -2.02. The fourth-order valence-corrected chi connectivity index (χ4v) is 1.19. The van der Waals surface area contributed by atoms with E-state index in [0.29, 0.717) is 5.56 Å². The molecule has 0 radical (unpaired) electrons. The van der Waals surface area contributed by atoms with Crippen molar-refractivity contribution in [2.75, 3.05) is 0 Å². The summed E-state index contributed by atoms with van der Waals surface area (Å²) < 4.78 is 24.3. The monoisotopic (exact) mass is 221 g/mol. The third-order valence-corrected chi connectivity index (χ3v) is 1.79. The predicted molar refractivity (Wildman–Crippen MR) is 45.5 cm³/mol. The number of pyridine rings is 1. The van der Waals surface area contributed by atoms with E-state index in [2.05, 4.69) is 4.98 Å². The summed E-state index contributed by atoms with van der Waals surface area (Å²) in [5.41, 5.74) is -0.229. The first-order valence-corrected chi connectivity index (χ1v) is 4.02. The van der Waals surface area contributed by atoms with Crippen molar-refractivity contribution >= 4 is 17.6 Å². The summed E-state index contributed by atoms with van der Waals surface area (Å²) >= 11 is 5.47. The van der Waals surface area contributed by atoms with Crippen LogP contribution in [0.25, 0.3) is 0 Å². The van der Waals surface area contributed by atoms with Gasteiger partial charge in [0.25, 0.3) is 6.43 Å². The number of halogens is 3. The van der Waals surface area contributed by atoms with E-state index in [1.807, 2.05) is 0 Å². The van der Waals surface area contributed by atoms with Gasteiger partial charge in [0.15, 0.2) is 0 Å². The minimum absolute atomic E-state index is 0.209. The van der Waals surface area contributed by atoms with Crippen LogP contribution in [-0.4, -0.2) is 16.1 Å². The Kier molecular flexibility index (Phi) is 3.35. The van der Waals surface area contributed by atoms with Gasteiger partial charge in [-0.15, -0.1) is 0 Å². The second kappa shape index (κ2) is 4.32. The molecule has 14 heavy (non-hydrogen) atoms. The van der Waals surface area contributed by atoms with Crippen molar-refractivity contribution in [3.8, 4) is 0 Å². The van der Waals surface area contributed by atoms with Crippen molar-refractivity contribution in [1.29, 1.82) is 0 Å². The minimum atomic E-state index is -2.75. The number of aliphatic carboxylic acids is 1. The van der Waals surface area contributed by atoms with Crippen molar-refractivity contribution in [3.05, 3.63) is 28.5 Å². The molecule has 3 nitrogen and oxygen atoms in total. The van der Waals surface area contributed by atoms with Gasteiger partial charge in [-0.3, -0.25) is 9.78 Å². The predicted octanol–water partition coefficient (Wildman–Crippen LogP) is 2.30. The van der Waals surface area contributed by atoms with E-state index in [1.54, 1.807) is 0 Å². The van der Waals surface area contributed by atoms with E-state index in [1.165, 1.54) is 6.07 Å². The number of hydrogen-bond acceptors (Lipinski definition) is 2. The molecule has 0 atom stereocenters. The maximum absolute atomic E-state index is 12.2. The van der Waals surface area contributed by atoms with Crippen LogP contribution in [0.1, 0.15) is 17.7 Å². The molecule has 0 aliphatic carbocycles. The molecular weight excluding hydrogens is 216 g/mol. The van der Waals surface area contributed by atoms with Crippen molar-refractivity contribution in [2.45, 2.75) is 12.8 Å². The van der Waals surface area contributed by atoms with Crippen LogP contribution in [0, 0.1) is 0 Å². The minimum Gasteiger partial charge on any atom is -0.481 e. The number of carboxylic acid groups (broad SMARTS) is 1. The fraction of sp³-hybridized carbons (Fsp3) is 0.250. The number of carbonyl (C=O) groups is 1. The molecule has 0 aromatic carbocycles. The van der Waals surface area contributed by atoms with E-state index in [4.69, 9.17) is 16.7 Å². The van der Waals surface area contributed by atoms with Gasteiger partial charge in [0.2, 0.25) is 0 Å². The van der Waals surface area contributed by atoms with Gasteiger partial charge >= 0.3 is 5.97 Å². The van der Waals surface area contributed by atoms with E-state index >= 15 is 0 Å². The molecular formula is C8H6ClF2NO2. The van der Waals surface area contributed by atoms with E-state index < -0.39 is 18.1 Å². The Balaban J connectivity index is 2.94. The molecule has 0 fully saturated rings. The number of aromatic nitrogens is 1. The Morgan fingerprint density at radius 3 is 2.71 bits per heavy atom. The normalized spacial score (nSPS) is 10.6. The zero-order valence-electron chi connectivity index (χ0n) is 6.88. The van der Waals surface area contributed by atoms with Gasteiger partial charge in [0.1, 0.15) is 5.69 Å². The summed E-state index contributed by atoms with van der Waals surface area (Å²) in [5, 5.41) is 8.21. The molecule has 0 spiro atoms. The van der Waals surface area contributed by atoms with Crippen LogP contribution in [0.4, 0.5) is 8.78 Å². The molecule has 6 heteroatoms. The van der Waals surface area contributed by atoms with Gasteiger partial charge in [0.05, 0.1) is 11.4 Å². The lowest BCUT2D eigenvalue weighted by molar-refractivity contribution is -0.136. The summed E-state index contributed by atoms with van der Waals surface area (Å²) in [5.74, 6) is -1.06. The molecule has 1 aromatic rings. The first-order valence-electron chi connectivity index (χ1n) is 3.65. The van der Waals surface area contributed by atoms with Crippen molar-refractivity contribution < 1.29 is 18.7 Å². The van der Waals surface area contributed by atoms with Crippen LogP contribution in [0.15, 0.2) is 12.3 Å². The quantitative estimate of drug-likeness (QED) is 0.852. The molecule has 76 valence electrons. The highest BCUT2D eigenvalue weighted by Crippen LogP contribution is 2.25. The number of nitrogens with zero attached hydrogens (tertiary/aromatic N) is 1. The topological polar surface area (TPSA) is 50.2 Å². The Hall–Kier alpha value is -1.23. The number of alkyl halides is 2. The van der Waals surface area contributed by atoms with Gasteiger partial charge < -0.3 is 5.11 Å². The van der Waals surface area contributed by atoms with Crippen LogP contribution in [0.5, 0.6) is 0 Å². The average Bonchev–Trinajstić information content (AvgIpc) is 2.01. The molecule has 0 aliphatic rings. The molecule has 1 N–H and O–H groups in total. The summed E-state index contributed by atoms with van der Waals surface area (Å²) in [7, 11) is 0. The fourth-order valence-electron chi connectivity index (χ4n) is 0.920. The third-order valence-electron chi connectivity index (χ3n) is 1.49. The van der Waals surface area contributed by atoms with Gasteiger partial charge in [-0.25, -0.2) is 8.78 Å². The molecule has 0 aliphatic heterocycles. The second-order valence-electron chi connectivity index (χ2n) is 2.58. The average molecular weight is 222 g/mol. The molecule has 1 rings (SSSR count). The maximum atomic E-state index is 12.2. The van der Waals surface area contributed by atoms with Crippen molar-refractivity contribution in [1.82, 2.24) is 4.98 Å². The van der Waals surface area contributed by atoms with Gasteiger partial charge in [-0.1, -0.05) is 11.6 Å². The Morgan fingerprint density at radius 1 is 1.64 bits per heavy atom. The lowest BCUT2D eigenvalue weighted by atomic mass is 10.2. The Morgan fingerprint density at radius 2 is 2.29 bits per heavy atom. The zero-order chi connectivity index (χ0) is 10.7. The van der Waals surface area contributed by atoms with Crippen molar-refractivity contribution in [3.63, 3.8) is 0 Å². The molecule has 0 saturated heterocycles. The first-order chi connectivity index (χ1) is 6.50. The summed E-state index contributed by atoms with van der Waals surface area (Å²) in [6, 6.07) is 1.18. The van der Waals surface area contributed by atoms with Crippen LogP contribution >= 0.6 is 11.6 Å². The molecule has 0 saturated carbocycles. The first kappa shape index (κ1) is 10.8. The number of carboxylic acids is 1. The lowest BCUT2D eigenvalue weighted by Gasteiger charge is -2.03. The number of hydrogen-bond donors (Lipinski definition) is 1. The summed E-state index contributed by atoms with van der Waals surface area (Å²) in [6.45, 7) is 0. The third kappa shape index (κ3) is 2.63. The molecule has 1 heterocycles. The summed E-state index contributed by atoms with van der Waals surface area (Å²) in [6.07, 6.45) is -1.95. The zero-order valence-corrected chi connectivity index (χ0v) is 7.63. The standard InChI is InChI=1S/C8H6ClF2NO2/c9-5-1-4(2-6(13)14)3-12-7(5)8(10)11/h1,3,8H,2H2,(H,13,14). The highest BCUT2D eigenvalue weighted by molar-refractivity contribution is 6.31. The largest absolute Gasteiger partial charge is 0.481 e. The Labute approximate surface area is 83.3 Å². The van der Waals surface area contributed by atoms with E-state index in [-0.39, 0.29) is 11.4 Å². The highest BCUT2D eigenvalue weighted by Gasteiger charge is 2.14. The van der Waals surface area contributed by atoms with Crippen LogP contribution in [0.3, 0.4) is 0 Å². The van der Waals surface area contributed by atoms with Crippen molar-refractivity contribution in [2.24, 2.45) is 0 Å². The smallest absolute Gasteiger partial charge is 0.307 e. The van der Waals surface area contributed by atoms with Gasteiger partial charge in [-0.05, 0) is 11.6 Å². The maximum Gasteiger partial charge on any atom is 0.307 e. The SMILES string of the molecule is O=C(O)Cc1cnc(C(F)F)c(Cl)c1.